The van der Waals surface area contributed by atoms with E-state index in [4.69, 9.17) is 0 Å². The average Bonchev–Trinajstić information content (AvgIpc) is 2.54. The Morgan fingerprint density at radius 1 is 1.28 bits per heavy atom. The lowest BCUT2D eigenvalue weighted by molar-refractivity contribution is -0.384. The number of halogens is 3. The van der Waals surface area contributed by atoms with Gasteiger partial charge in [0.05, 0.1) is 17.0 Å². The molecule has 1 aliphatic heterocycles. The number of hydrogen-bond acceptors (Lipinski definition) is 5. The van der Waals surface area contributed by atoms with Crippen LogP contribution in [0, 0.1) is 10.1 Å². The quantitative estimate of drug-likeness (QED) is 0.641. The van der Waals surface area contributed by atoms with E-state index in [2.05, 4.69) is 5.32 Å². The van der Waals surface area contributed by atoms with Crippen molar-refractivity contribution < 1.29 is 22.9 Å². The number of nitro benzene ring substituents is 1. The molecule has 0 radical (unpaired) electrons. The van der Waals surface area contributed by atoms with Gasteiger partial charge < -0.3 is 10.2 Å². The van der Waals surface area contributed by atoms with E-state index in [0.29, 0.717) is 38.8 Å². The summed E-state index contributed by atoms with van der Waals surface area (Å²) in [4.78, 5) is 25.5. The van der Waals surface area contributed by atoms with Crippen molar-refractivity contribution >= 4 is 17.3 Å². The van der Waals surface area contributed by atoms with E-state index in [1.54, 1.807) is 4.90 Å². The largest absolute Gasteiger partial charge is 0.416 e. The van der Waals surface area contributed by atoms with Gasteiger partial charge in [0.25, 0.3) is 5.69 Å². The zero-order valence-electron chi connectivity index (χ0n) is 13.7. The van der Waals surface area contributed by atoms with Crippen LogP contribution < -0.4 is 10.2 Å². The minimum atomic E-state index is -4.63. The molecule has 0 aromatic heterocycles. The smallest absolute Gasteiger partial charge is 0.363 e. The molecule has 1 heterocycles. The average molecular weight is 360 g/mol. The Balaban J connectivity index is 2.10. The maximum absolute atomic E-state index is 12.8. The lowest BCUT2D eigenvalue weighted by Gasteiger charge is -2.35. The normalized spacial score (nSPS) is 15.9. The summed E-state index contributed by atoms with van der Waals surface area (Å²) < 4.78 is 38.3. The number of likely N-dealkylation sites (N-methyl/N-ethyl adjacent to an activating group) is 1. The third kappa shape index (κ3) is 4.81. The number of rotatable bonds is 5. The van der Waals surface area contributed by atoms with E-state index in [9.17, 15) is 28.1 Å². The molecule has 1 aliphatic rings. The Kier molecular flexibility index (Phi) is 5.83. The van der Waals surface area contributed by atoms with Gasteiger partial charge in [-0.05, 0) is 19.1 Å². The molecule has 1 fully saturated rings. The fourth-order valence-electron chi connectivity index (χ4n) is 2.72. The zero-order valence-corrected chi connectivity index (χ0v) is 13.7. The highest BCUT2D eigenvalue weighted by Gasteiger charge is 2.34. The predicted octanol–water partition coefficient (Wildman–Crippen LogP) is 1.87. The first-order valence-corrected chi connectivity index (χ1v) is 7.82. The molecule has 1 N–H and O–H groups in total. The van der Waals surface area contributed by atoms with Crippen LogP contribution in [0.1, 0.15) is 12.5 Å². The first kappa shape index (κ1) is 19.0. The third-order valence-electron chi connectivity index (χ3n) is 3.95. The summed E-state index contributed by atoms with van der Waals surface area (Å²) in [5.74, 6) is -0.100. The van der Waals surface area contributed by atoms with Crippen molar-refractivity contribution in [3.05, 3.63) is 33.9 Å². The van der Waals surface area contributed by atoms with Crippen LogP contribution >= 0.6 is 0 Å². The number of nitrogens with zero attached hydrogens (tertiary/aromatic N) is 3. The molecule has 0 bridgehead atoms. The van der Waals surface area contributed by atoms with E-state index in [-0.39, 0.29) is 18.1 Å². The maximum Gasteiger partial charge on any atom is 0.416 e. The molecular weight excluding hydrogens is 341 g/mol. The van der Waals surface area contributed by atoms with E-state index in [1.165, 1.54) is 0 Å². The van der Waals surface area contributed by atoms with Crippen LogP contribution in [0.5, 0.6) is 0 Å². The SMILES string of the molecule is CCNC(=O)CN1CCN(c2ccc(C(F)(F)F)cc2[N+](=O)[O-])CC1. The van der Waals surface area contributed by atoms with Gasteiger partial charge in [-0.2, -0.15) is 13.2 Å². The monoisotopic (exact) mass is 360 g/mol. The second-order valence-electron chi connectivity index (χ2n) is 5.68. The second-order valence-corrected chi connectivity index (χ2v) is 5.68. The molecular formula is C15H19F3N4O3. The van der Waals surface area contributed by atoms with Crippen molar-refractivity contribution in [2.45, 2.75) is 13.1 Å². The van der Waals surface area contributed by atoms with Crippen molar-refractivity contribution in [3.8, 4) is 0 Å². The highest BCUT2D eigenvalue weighted by Crippen LogP contribution is 2.36. The number of nitrogens with one attached hydrogen (secondary N) is 1. The number of piperazine rings is 1. The predicted molar refractivity (Wildman–Crippen MR) is 85.4 cm³/mol. The number of amides is 1. The second kappa shape index (κ2) is 7.68. The van der Waals surface area contributed by atoms with Crippen LogP contribution in [0.2, 0.25) is 0 Å². The molecule has 0 saturated carbocycles. The Morgan fingerprint density at radius 3 is 2.44 bits per heavy atom. The van der Waals surface area contributed by atoms with Crippen LogP contribution in [0.4, 0.5) is 24.5 Å². The first-order valence-electron chi connectivity index (χ1n) is 7.82. The number of benzene rings is 1. The molecule has 10 heteroatoms. The van der Waals surface area contributed by atoms with Crippen LogP contribution in [-0.4, -0.2) is 55.0 Å². The summed E-state index contributed by atoms with van der Waals surface area (Å²) in [5, 5.41) is 13.9. The Bertz CT molecular complexity index is 643. The number of carbonyl (C=O) groups excluding carboxylic acids is 1. The van der Waals surface area contributed by atoms with Crippen molar-refractivity contribution in [1.82, 2.24) is 10.2 Å². The summed E-state index contributed by atoms with van der Waals surface area (Å²) in [6, 6.07) is 2.56. The van der Waals surface area contributed by atoms with Crippen LogP contribution in [0.25, 0.3) is 0 Å². The maximum atomic E-state index is 12.8. The lowest BCUT2D eigenvalue weighted by Crippen LogP contribution is -2.49. The molecule has 1 saturated heterocycles. The third-order valence-corrected chi connectivity index (χ3v) is 3.95. The molecule has 25 heavy (non-hydrogen) atoms. The summed E-state index contributed by atoms with van der Waals surface area (Å²) in [6.45, 7) is 4.37. The van der Waals surface area contributed by atoms with Crippen molar-refractivity contribution in [2.24, 2.45) is 0 Å². The van der Waals surface area contributed by atoms with E-state index < -0.39 is 22.4 Å². The Labute approximate surface area is 142 Å². The van der Waals surface area contributed by atoms with Crippen LogP contribution in [-0.2, 0) is 11.0 Å². The van der Waals surface area contributed by atoms with Gasteiger partial charge in [0.2, 0.25) is 5.91 Å². The topological polar surface area (TPSA) is 78.7 Å². The Hall–Kier alpha value is -2.36. The van der Waals surface area contributed by atoms with Crippen molar-refractivity contribution in [3.63, 3.8) is 0 Å². The first-order chi connectivity index (χ1) is 11.7. The summed E-state index contributed by atoms with van der Waals surface area (Å²) >= 11 is 0. The standard InChI is InChI=1S/C15H19F3N4O3/c1-2-19-14(23)10-20-5-7-21(8-6-20)12-4-3-11(15(16,17)18)9-13(12)22(24)25/h3-4,9H,2,5-8,10H2,1H3,(H,19,23). The summed E-state index contributed by atoms with van der Waals surface area (Å²) in [6.07, 6.45) is -4.63. The zero-order chi connectivity index (χ0) is 18.6. The van der Waals surface area contributed by atoms with Crippen molar-refractivity contribution in [1.29, 1.82) is 0 Å². The molecule has 138 valence electrons. The summed E-state index contributed by atoms with van der Waals surface area (Å²) in [5.41, 5.74) is -1.44. The minimum Gasteiger partial charge on any atom is -0.363 e. The van der Waals surface area contributed by atoms with Gasteiger partial charge >= 0.3 is 6.18 Å². The van der Waals surface area contributed by atoms with E-state index in [0.717, 1.165) is 12.1 Å². The lowest BCUT2D eigenvalue weighted by atomic mass is 10.1. The number of alkyl halides is 3. The fourth-order valence-corrected chi connectivity index (χ4v) is 2.72. The molecule has 1 aromatic carbocycles. The number of nitro groups is 1. The minimum absolute atomic E-state index is 0.100. The number of anilines is 1. The van der Waals surface area contributed by atoms with Gasteiger partial charge in [-0.3, -0.25) is 19.8 Å². The van der Waals surface area contributed by atoms with E-state index >= 15 is 0 Å². The highest BCUT2D eigenvalue weighted by atomic mass is 19.4. The van der Waals surface area contributed by atoms with Gasteiger partial charge in [0.15, 0.2) is 0 Å². The van der Waals surface area contributed by atoms with Crippen molar-refractivity contribution in [2.75, 3.05) is 44.2 Å². The highest BCUT2D eigenvalue weighted by molar-refractivity contribution is 5.78. The number of hydrogen-bond donors (Lipinski definition) is 1. The van der Waals surface area contributed by atoms with Crippen LogP contribution in [0.15, 0.2) is 18.2 Å². The van der Waals surface area contributed by atoms with E-state index in [1.807, 2.05) is 11.8 Å². The molecule has 0 unspecified atom stereocenters. The van der Waals surface area contributed by atoms with Gasteiger partial charge in [0, 0.05) is 38.8 Å². The van der Waals surface area contributed by atoms with Crippen LogP contribution in [0.3, 0.4) is 0 Å². The molecule has 0 atom stereocenters. The van der Waals surface area contributed by atoms with Gasteiger partial charge in [-0.25, -0.2) is 0 Å². The number of carbonyl (C=O) groups is 1. The molecule has 1 aromatic rings. The Morgan fingerprint density at radius 2 is 1.92 bits per heavy atom. The molecule has 0 aliphatic carbocycles. The van der Waals surface area contributed by atoms with Gasteiger partial charge in [0.1, 0.15) is 5.69 Å². The van der Waals surface area contributed by atoms with Gasteiger partial charge in [-0.15, -0.1) is 0 Å². The fraction of sp³-hybridized carbons (Fsp3) is 0.533. The molecule has 1 amide bonds. The summed E-state index contributed by atoms with van der Waals surface area (Å²) in [7, 11) is 0. The van der Waals surface area contributed by atoms with Gasteiger partial charge in [-0.1, -0.05) is 0 Å². The molecule has 2 rings (SSSR count). The molecule has 7 nitrogen and oxygen atoms in total. The molecule has 0 spiro atoms.